The second-order valence-electron chi connectivity index (χ2n) is 8.91. The maximum Gasteiger partial charge on any atom is 0.238 e. The molecule has 1 amide bonds. The zero-order valence-corrected chi connectivity index (χ0v) is 20.4. The minimum Gasteiger partial charge on any atom is -0.394 e. The highest BCUT2D eigenvalue weighted by Crippen LogP contribution is 2.38. The van der Waals surface area contributed by atoms with Crippen molar-refractivity contribution < 1.29 is 14.1 Å². The summed E-state index contributed by atoms with van der Waals surface area (Å²) in [5.74, 6) is -0.148. The smallest absolute Gasteiger partial charge is 0.238 e. The molecule has 1 fully saturated rings. The molecule has 1 aliphatic rings. The van der Waals surface area contributed by atoms with Gasteiger partial charge >= 0.3 is 0 Å². The molecule has 6 heteroatoms. The molecule has 0 radical (unpaired) electrons. The molecule has 5 rings (SSSR count). The fourth-order valence-corrected chi connectivity index (χ4v) is 6.20. The SMILES string of the molecule is Cc1ccc([S@](=O)N2CC(=O)N(Cc3ccccc3)[C@H](CO)[C@H]2c2cccc3ccccc23)cc1. The molecule has 0 bridgehead atoms. The Kier molecular flexibility index (Phi) is 6.77. The first-order chi connectivity index (χ1) is 17.1. The van der Waals surface area contributed by atoms with Crippen LogP contribution in [0, 0.1) is 6.92 Å². The molecule has 4 aromatic rings. The van der Waals surface area contributed by atoms with Crippen LogP contribution in [-0.4, -0.2) is 43.6 Å². The number of aliphatic hydroxyl groups is 1. The summed E-state index contributed by atoms with van der Waals surface area (Å²) in [5, 5.41) is 12.7. The number of aliphatic hydroxyl groups excluding tert-OH is 1. The summed E-state index contributed by atoms with van der Waals surface area (Å²) in [7, 11) is -1.58. The number of aryl methyl sites for hydroxylation is 1. The van der Waals surface area contributed by atoms with Crippen molar-refractivity contribution in [1.82, 2.24) is 9.21 Å². The predicted octanol–water partition coefficient (Wildman–Crippen LogP) is 4.62. The van der Waals surface area contributed by atoms with E-state index in [2.05, 4.69) is 0 Å². The molecule has 1 saturated heterocycles. The van der Waals surface area contributed by atoms with Gasteiger partial charge in [-0.15, -0.1) is 0 Å². The molecule has 1 heterocycles. The highest BCUT2D eigenvalue weighted by atomic mass is 32.2. The van der Waals surface area contributed by atoms with Crippen LogP contribution in [0.1, 0.15) is 22.7 Å². The van der Waals surface area contributed by atoms with Crippen LogP contribution in [-0.2, 0) is 22.3 Å². The molecular weight excluding hydrogens is 456 g/mol. The summed E-state index contributed by atoms with van der Waals surface area (Å²) in [5.41, 5.74) is 3.02. The molecule has 178 valence electrons. The Hall–Kier alpha value is -3.32. The minimum atomic E-state index is -1.58. The van der Waals surface area contributed by atoms with E-state index in [0.29, 0.717) is 11.4 Å². The summed E-state index contributed by atoms with van der Waals surface area (Å²) in [4.78, 5) is 15.8. The van der Waals surface area contributed by atoms with Crippen LogP contribution in [0.3, 0.4) is 0 Å². The third kappa shape index (κ3) is 4.65. The van der Waals surface area contributed by atoms with Gasteiger partial charge in [0, 0.05) is 6.54 Å². The third-order valence-corrected chi connectivity index (χ3v) is 8.10. The molecule has 0 saturated carbocycles. The largest absolute Gasteiger partial charge is 0.394 e. The standard InChI is InChI=1S/C29H28N2O3S/c1-21-14-16-24(17-15-21)35(34)31-19-28(33)30(18-22-8-3-2-4-9-22)27(20-32)29(31)26-13-7-11-23-10-5-6-12-25(23)26/h2-17,27,29,32H,18-20H2,1H3/t27-,29-,35+/m1/s1. The third-order valence-electron chi connectivity index (χ3n) is 6.65. The van der Waals surface area contributed by atoms with Crippen molar-refractivity contribution in [2.45, 2.75) is 30.4 Å². The average molecular weight is 485 g/mol. The van der Waals surface area contributed by atoms with Crippen LogP contribution >= 0.6 is 0 Å². The molecule has 0 aromatic heterocycles. The van der Waals surface area contributed by atoms with Gasteiger partial charge in [-0.05, 0) is 41.0 Å². The summed E-state index contributed by atoms with van der Waals surface area (Å²) < 4.78 is 15.6. The molecule has 0 aliphatic carbocycles. The lowest BCUT2D eigenvalue weighted by molar-refractivity contribution is -0.142. The summed E-state index contributed by atoms with van der Waals surface area (Å²) in [6, 6.07) is 30.4. The van der Waals surface area contributed by atoms with Gasteiger partial charge in [-0.25, -0.2) is 8.51 Å². The Morgan fingerprint density at radius 1 is 0.886 bits per heavy atom. The Labute approximate surface area is 208 Å². The fourth-order valence-electron chi connectivity index (χ4n) is 4.88. The Balaban J connectivity index is 1.63. The highest BCUT2D eigenvalue weighted by Gasteiger charge is 2.44. The van der Waals surface area contributed by atoms with Crippen molar-refractivity contribution in [1.29, 1.82) is 0 Å². The summed E-state index contributed by atoms with van der Waals surface area (Å²) in [6.07, 6.45) is 0. The molecule has 35 heavy (non-hydrogen) atoms. The fraction of sp³-hybridized carbons (Fsp3) is 0.207. The first kappa shape index (κ1) is 23.4. The molecule has 5 nitrogen and oxygen atoms in total. The Morgan fingerprint density at radius 3 is 2.31 bits per heavy atom. The van der Waals surface area contributed by atoms with E-state index in [1.54, 1.807) is 9.21 Å². The average Bonchev–Trinajstić information content (AvgIpc) is 2.90. The van der Waals surface area contributed by atoms with E-state index >= 15 is 0 Å². The van der Waals surface area contributed by atoms with Gasteiger partial charge in [-0.2, -0.15) is 0 Å². The van der Waals surface area contributed by atoms with Gasteiger partial charge in [0.25, 0.3) is 0 Å². The number of amides is 1. The normalized spacial score (nSPS) is 19.7. The van der Waals surface area contributed by atoms with E-state index in [0.717, 1.165) is 27.5 Å². The van der Waals surface area contributed by atoms with Gasteiger partial charge < -0.3 is 10.0 Å². The lowest BCUT2D eigenvalue weighted by Gasteiger charge is -2.46. The van der Waals surface area contributed by atoms with Gasteiger partial charge in [-0.1, -0.05) is 90.5 Å². The van der Waals surface area contributed by atoms with Crippen LogP contribution in [0.15, 0.2) is 102 Å². The second kappa shape index (κ2) is 10.1. The van der Waals surface area contributed by atoms with E-state index in [1.165, 1.54) is 0 Å². The monoisotopic (exact) mass is 484 g/mol. The van der Waals surface area contributed by atoms with Crippen molar-refractivity contribution in [2.24, 2.45) is 0 Å². The number of hydrogen-bond acceptors (Lipinski definition) is 3. The summed E-state index contributed by atoms with van der Waals surface area (Å²) in [6.45, 7) is 2.13. The molecule has 4 aromatic carbocycles. The molecule has 0 spiro atoms. The van der Waals surface area contributed by atoms with Crippen LogP contribution in [0.5, 0.6) is 0 Å². The van der Waals surface area contributed by atoms with Gasteiger partial charge in [0.2, 0.25) is 5.91 Å². The second-order valence-corrected chi connectivity index (χ2v) is 10.3. The van der Waals surface area contributed by atoms with Crippen molar-refractivity contribution in [3.63, 3.8) is 0 Å². The van der Waals surface area contributed by atoms with E-state index in [-0.39, 0.29) is 19.1 Å². The Morgan fingerprint density at radius 2 is 1.57 bits per heavy atom. The van der Waals surface area contributed by atoms with Gasteiger partial charge in [0.1, 0.15) is 11.0 Å². The lowest BCUT2D eigenvalue weighted by atomic mass is 9.91. The molecule has 1 aliphatic heterocycles. The number of carbonyl (C=O) groups is 1. The first-order valence-corrected chi connectivity index (χ1v) is 12.8. The summed E-state index contributed by atoms with van der Waals surface area (Å²) >= 11 is 0. The molecule has 0 unspecified atom stereocenters. The van der Waals surface area contributed by atoms with Crippen LogP contribution in [0.25, 0.3) is 10.8 Å². The van der Waals surface area contributed by atoms with Crippen molar-refractivity contribution >= 4 is 27.7 Å². The van der Waals surface area contributed by atoms with Crippen LogP contribution in [0.4, 0.5) is 0 Å². The zero-order chi connectivity index (χ0) is 24.4. The zero-order valence-electron chi connectivity index (χ0n) is 19.6. The number of nitrogens with zero attached hydrogens (tertiary/aromatic N) is 2. The van der Waals surface area contributed by atoms with Gasteiger partial charge in [0.15, 0.2) is 0 Å². The van der Waals surface area contributed by atoms with Gasteiger partial charge in [0.05, 0.1) is 30.1 Å². The lowest BCUT2D eigenvalue weighted by Crippen LogP contribution is -2.59. The number of carbonyl (C=O) groups excluding carboxylic acids is 1. The van der Waals surface area contributed by atoms with E-state index in [1.807, 2.05) is 104 Å². The highest BCUT2D eigenvalue weighted by molar-refractivity contribution is 7.82. The topological polar surface area (TPSA) is 60.9 Å². The van der Waals surface area contributed by atoms with Crippen molar-refractivity contribution in [3.05, 3.63) is 114 Å². The van der Waals surface area contributed by atoms with Crippen molar-refractivity contribution in [3.8, 4) is 0 Å². The number of benzene rings is 4. The van der Waals surface area contributed by atoms with Crippen molar-refractivity contribution in [2.75, 3.05) is 13.2 Å². The maximum atomic E-state index is 13.9. The van der Waals surface area contributed by atoms with E-state index in [9.17, 15) is 14.1 Å². The number of rotatable bonds is 6. The van der Waals surface area contributed by atoms with Crippen LogP contribution < -0.4 is 0 Å². The van der Waals surface area contributed by atoms with E-state index < -0.39 is 23.1 Å². The van der Waals surface area contributed by atoms with Gasteiger partial charge in [-0.3, -0.25) is 4.79 Å². The minimum absolute atomic E-state index is 0.00227. The number of fused-ring (bicyclic) bond motifs is 1. The molecular formula is C29H28N2O3S. The first-order valence-electron chi connectivity index (χ1n) is 11.7. The number of hydrogen-bond donors (Lipinski definition) is 1. The number of piperazine rings is 1. The molecule has 3 atom stereocenters. The molecule has 1 N–H and O–H groups in total. The Bertz CT molecular complexity index is 1350. The van der Waals surface area contributed by atoms with E-state index in [4.69, 9.17) is 0 Å². The van der Waals surface area contributed by atoms with Crippen LogP contribution in [0.2, 0.25) is 0 Å². The quantitative estimate of drug-likeness (QED) is 0.435. The predicted molar refractivity (Wildman–Crippen MR) is 139 cm³/mol. The maximum absolute atomic E-state index is 13.9.